The van der Waals surface area contributed by atoms with Crippen LogP contribution in [0.4, 0.5) is 5.13 Å². The Morgan fingerprint density at radius 3 is 2.79 bits per heavy atom. The molecule has 1 aliphatic heterocycles. The lowest BCUT2D eigenvalue weighted by Gasteiger charge is -2.22. The summed E-state index contributed by atoms with van der Waals surface area (Å²) in [6.45, 7) is 1.24. The number of nitrogens with zero attached hydrogens (tertiary/aromatic N) is 4. The lowest BCUT2D eigenvalue weighted by Crippen LogP contribution is -2.37. The first-order valence-corrected chi connectivity index (χ1v) is 11.8. The van der Waals surface area contributed by atoms with Gasteiger partial charge in [-0.05, 0) is 49.2 Å². The zero-order chi connectivity index (χ0) is 22.6. The molecule has 0 N–H and O–H groups in total. The fraction of sp³-hybridized carbons (Fsp3) is 0.333. The standard InChI is InChI=1S/C24H24N4O4S/c1-30-17-10-8-16(9-11-17)23-26-21(32-27-23)12-13-22(29)28(15-18-5-4-14-31-18)24-25-19-6-2-3-7-20(19)33-24/h2-3,6-11,18H,4-5,12-15H2,1H3. The predicted octanol–water partition coefficient (Wildman–Crippen LogP) is 4.50. The number of methoxy groups -OCH3 is 1. The minimum absolute atomic E-state index is 0.0334. The van der Waals surface area contributed by atoms with E-state index in [1.165, 1.54) is 11.3 Å². The molecule has 9 heteroatoms. The largest absolute Gasteiger partial charge is 0.497 e. The van der Waals surface area contributed by atoms with Gasteiger partial charge < -0.3 is 14.0 Å². The first-order valence-electron chi connectivity index (χ1n) is 10.9. The highest BCUT2D eigenvalue weighted by Gasteiger charge is 2.26. The molecule has 5 rings (SSSR count). The van der Waals surface area contributed by atoms with E-state index in [0.29, 0.717) is 29.8 Å². The summed E-state index contributed by atoms with van der Waals surface area (Å²) in [4.78, 5) is 24.2. The molecular weight excluding hydrogens is 440 g/mol. The van der Waals surface area contributed by atoms with Crippen molar-refractivity contribution in [3.05, 3.63) is 54.4 Å². The molecule has 2 aromatic heterocycles. The second kappa shape index (κ2) is 9.68. The summed E-state index contributed by atoms with van der Waals surface area (Å²) in [7, 11) is 1.62. The molecule has 33 heavy (non-hydrogen) atoms. The topological polar surface area (TPSA) is 90.6 Å². The third kappa shape index (κ3) is 4.89. The molecule has 1 unspecified atom stereocenters. The van der Waals surface area contributed by atoms with Gasteiger partial charge in [0.25, 0.3) is 0 Å². The van der Waals surface area contributed by atoms with E-state index in [-0.39, 0.29) is 18.4 Å². The minimum Gasteiger partial charge on any atom is -0.497 e. The van der Waals surface area contributed by atoms with Gasteiger partial charge >= 0.3 is 0 Å². The predicted molar refractivity (Wildman–Crippen MR) is 126 cm³/mol. The number of aryl methyl sites for hydroxylation is 1. The van der Waals surface area contributed by atoms with Crippen molar-refractivity contribution >= 4 is 32.6 Å². The SMILES string of the molecule is COc1ccc(-c2noc(CCC(=O)N(CC3CCCO3)c3nc4ccccc4s3)n2)cc1. The van der Waals surface area contributed by atoms with Crippen molar-refractivity contribution < 1.29 is 18.8 Å². The first-order chi connectivity index (χ1) is 16.2. The average Bonchev–Trinajstić information content (AvgIpc) is 3.61. The number of thiazole rings is 1. The van der Waals surface area contributed by atoms with Crippen molar-refractivity contribution in [2.45, 2.75) is 31.8 Å². The maximum absolute atomic E-state index is 13.3. The van der Waals surface area contributed by atoms with E-state index in [9.17, 15) is 4.79 Å². The van der Waals surface area contributed by atoms with Crippen molar-refractivity contribution in [2.24, 2.45) is 0 Å². The summed E-state index contributed by atoms with van der Waals surface area (Å²) in [5, 5.41) is 4.75. The van der Waals surface area contributed by atoms with E-state index >= 15 is 0 Å². The highest BCUT2D eigenvalue weighted by Crippen LogP contribution is 2.30. The molecule has 0 bridgehead atoms. The number of aromatic nitrogens is 3. The molecule has 1 aliphatic rings. The Morgan fingerprint density at radius 2 is 2.03 bits per heavy atom. The molecular formula is C24H24N4O4S. The number of hydrogen-bond acceptors (Lipinski definition) is 8. The molecule has 4 aromatic rings. The number of amides is 1. The molecule has 1 saturated heterocycles. The first kappa shape index (κ1) is 21.5. The Morgan fingerprint density at radius 1 is 1.18 bits per heavy atom. The molecule has 170 valence electrons. The molecule has 0 spiro atoms. The zero-order valence-corrected chi connectivity index (χ0v) is 19.1. The zero-order valence-electron chi connectivity index (χ0n) is 18.3. The number of fused-ring (bicyclic) bond motifs is 1. The fourth-order valence-electron chi connectivity index (χ4n) is 3.82. The molecule has 3 heterocycles. The lowest BCUT2D eigenvalue weighted by atomic mass is 10.2. The Labute approximate surface area is 195 Å². The summed E-state index contributed by atoms with van der Waals surface area (Å²) in [6, 6.07) is 15.3. The molecule has 1 atom stereocenters. The Hall–Kier alpha value is -3.30. The van der Waals surface area contributed by atoms with Crippen molar-refractivity contribution in [3.63, 3.8) is 0 Å². The Bertz CT molecular complexity index is 1200. The third-order valence-electron chi connectivity index (χ3n) is 5.59. The van der Waals surface area contributed by atoms with Crippen LogP contribution in [0.5, 0.6) is 5.75 Å². The number of rotatable bonds is 8. The van der Waals surface area contributed by atoms with Crippen LogP contribution in [-0.2, 0) is 16.0 Å². The van der Waals surface area contributed by atoms with Crippen molar-refractivity contribution in [1.82, 2.24) is 15.1 Å². The van der Waals surface area contributed by atoms with Gasteiger partial charge in [0.1, 0.15) is 5.75 Å². The van der Waals surface area contributed by atoms with Crippen molar-refractivity contribution in [2.75, 3.05) is 25.2 Å². The fourth-order valence-corrected chi connectivity index (χ4v) is 4.81. The highest BCUT2D eigenvalue weighted by molar-refractivity contribution is 7.22. The van der Waals surface area contributed by atoms with Gasteiger partial charge in [0.15, 0.2) is 5.13 Å². The van der Waals surface area contributed by atoms with E-state index in [0.717, 1.165) is 41.0 Å². The van der Waals surface area contributed by atoms with Gasteiger partial charge in [-0.2, -0.15) is 4.98 Å². The monoisotopic (exact) mass is 464 g/mol. The van der Waals surface area contributed by atoms with Gasteiger partial charge in [-0.3, -0.25) is 9.69 Å². The van der Waals surface area contributed by atoms with E-state index in [2.05, 4.69) is 10.1 Å². The summed E-state index contributed by atoms with van der Waals surface area (Å²) in [5.41, 5.74) is 1.72. The quantitative estimate of drug-likeness (QED) is 0.379. The van der Waals surface area contributed by atoms with Crippen LogP contribution in [0.15, 0.2) is 53.1 Å². The highest BCUT2D eigenvalue weighted by atomic mass is 32.1. The van der Waals surface area contributed by atoms with Crippen LogP contribution in [0.1, 0.15) is 25.2 Å². The van der Waals surface area contributed by atoms with E-state index in [1.807, 2.05) is 48.5 Å². The van der Waals surface area contributed by atoms with Gasteiger partial charge in [0.2, 0.25) is 17.6 Å². The van der Waals surface area contributed by atoms with Gasteiger partial charge in [-0.1, -0.05) is 28.6 Å². The number of hydrogen-bond donors (Lipinski definition) is 0. The third-order valence-corrected chi connectivity index (χ3v) is 6.65. The van der Waals surface area contributed by atoms with Crippen molar-refractivity contribution in [3.8, 4) is 17.1 Å². The van der Waals surface area contributed by atoms with Gasteiger partial charge in [-0.15, -0.1) is 0 Å². The summed E-state index contributed by atoms with van der Waals surface area (Å²) in [6.07, 6.45) is 2.60. The molecule has 0 aliphatic carbocycles. The van der Waals surface area contributed by atoms with Crippen LogP contribution in [0.3, 0.4) is 0 Å². The number of ether oxygens (including phenoxy) is 2. The van der Waals surface area contributed by atoms with Crippen LogP contribution >= 0.6 is 11.3 Å². The second-order valence-corrected chi connectivity index (χ2v) is 8.85. The van der Waals surface area contributed by atoms with Crippen LogP contribution in [-0.4, -0.2) is 47.4 Å². The summed E-state index contributed by atoms with van der Waals surface area (Å²) < 4.78 is 17.4. The van der Waals surface area contributed by atoms with Crippen LogP contribution in [0.2, 0.25) is 0 Å². The number of carbonyl (C=O) groups excluding carboxylic acids is 1. The van der Waals surface area contributed by atoms with Gasteiger partial charge in [0.05, 0.1) is 30.0 Å². The van der Waals surface area contributed by atoms with Gasteiger partial charge in [-0.25, -0.2) is 4.98 Å². The van der Waals surface area contributed by atoms with E-state index in [1.54, 1.807) is 12.0 Å². The summed E-state index contributed by atoms with van der Waals surface area (Å²) in [5.74, 6) is 1.64. The average molecular weight is 465 g/mol. The lowest BCUT2D eigenvalue weighted by molar-refractivity contribution is -0.119. The number of para-hydroxylation sites is 1. The molecule has 1 fully saturated rings. The maximum Gasteiger partial charge on any atom is 0.229 e. The van der Waals surface area contributed by atoms with Crippen LogP contribution in [0, 0.1) is 0 Å². The normalized spacial score (nSPS) is 15.7. The molecule has 0 saturated carbocycles. The van der Waals surface area contributed by atoms with Gasteiger partial charge in [0, 0.05) is 25.0 Å². The Balaban J connectivity index is 1.29. The molecule has 0 radical (unpaired) electrons. The molecule has 8 nitrogen and oxygen atoms in total. The number of benzene rings is 2. The van der Waals surface area contributed by atoms with E-state index < -0.39 is 0 Å². The van der Waals surface area contributed by atoms with Crippen LogP contribution in [0.25, 0.3) is 21.6 Å². The van der Waals surface area contributed by atoms with Crippen molar-refractivity contribution in [1.29, 1.82) is 0 Å². The number of carbonyl (C=O) groups is 1. The minimum atomic E-state index is -0.0336. The maximum atomic E-state index is 13.3. The second-order valence-electron chi connectivity index (χ2n) is 7.84. The number of anilines is 1. The summed E-state index contributed by atoms with van der Waals surface area (Å²) >= 11 is 1.52. The van der Waals surface area contributed by atoms with Crippen LogP contribution < -0.4 is 9.64 Å². The smallest absolute Gasteiger partial charge is 0.229 e. The Kier molecular flexibility index (Phi) is 6.32. The van der Waals surface area contributed by atoms with E-state index in [4.69, 9.17) is 19.0 Å². The molecule has 1 amide bonds. The molecule has 2 aromatic carbocycles.